The molecular weight excluding hydrogens is 226 g/mol. The molecule has 0 saturated carbocycles. The van der Waals surface area contributed by atoms with Crippen molar-refractivity contribution >= 4 is 5.78 Å². The first-order chi connectivity index (χ1) is 8.70. The van der Waals surface area contributed by atoms with Gasteiger partial charge in [0.15, 0.2) is 5.78 Å². The summed E-state index contributed by atoms with van der Waals surface area (Å²) in [5, 5.41) is 0. The van der Waals surface area contributed by atoms with Gasteiger partial charge in [0.1, 0.15) is 5.75 Å². The summed E-state index contributed by atoms with van der Waals surface area (Å²) in [6, 6.07) is 6.00. The van der Waals surface area contributed by atoms with Crippen molar-refractivity contribution in [2.45, 2.75) is 18.8 Å². The fraction of sp³-hybridized carbons (Fsp3) is 0.533. The number of carbonyl (C=O) groups excluding carboxylic acids is 1. The average molecular weight is 245 g/mol. The Morgan fingerprint density at radius 3 is 3.00 bits per heavy atom. The Morgan fingerprint density at radius 1 is 1.39 bits per heavy atom. The van der Waals surface area contributed by atoms with E-state index >= 15 is 0 Å². The summed E-state index contributed by atoms with van der Waals surface area (Å²) < 4.78 is 5.36. The largest absolute Gasteiger partial charge is 0.496 e. The molecule has 3 rings (SSSR count). The molecule has 1 aliphatic heterocycles. The van der Waals surface area contributed by atoms with Crippen molar-refractivity contribution in [3.63, 3.8) is 0 Å². The molecule has 3 nitrogen and oxygen atoms in total. The zero-order valence-corrected chi connectivity index (χ0v) is 11.0. The van der Waals surface area contributed by atoms with Crippen LogP contribution in [-0.2, 0) is 0 Å². The number of ether oxygens (including phenoxy) is 1. The van der Waals surface area contributed by atoms with Gasteiger partial charge >= 0.3 is 0 Å². The van der Waals surface area contributed by atoms with Crippen molar-refractivity contribution in [3.8, 4) is 5.75 Å². The van der Waals surface area contributed by atoms with E-state index in [-0.39, 0.29) is 5.78 Å². The quantitative estimate of drug-likeness (QED) is 0.760. The summed E-state index contributed by atoms with van der Waals surface area (Å²) in [6.45, 7) is 2.16. The molecule has 1 aromatic carbocycles. The third kappa shape index (κ3) is 1.74. The van der Waals surface area contributed by atoms with Gasteiger partial charge in [0, 0.05) is 18.9 Å². The predicted molar refractivity (Wildman–Crippen MR) is 70.3 cm³/mol. The number of hydrogen-bond acceptors (Lipinski definition) is 3. The maximum Gasteiger partial charge on any atom is 0.167 e. The maximum absolute atomic E-state index is 12.3. The molecular formula is C15H19NO2. The summed E-state index contributed by atoms with van der Waals surface area (Å²) in [7, 11) is 3.80. The van der Waals surface area contributed by atoms with E-state index in [4.69, 9.17) is 4.74 Å². The van der Waals surface area contributed by atoms with Gasteiger partial charge in [-0.15, -0.1) is 0 Å². The van der Waals surface area contributed by atoms with Gasteiger partial charge in [-0.05, 0) is 37.6 Å². The Kier molecular flexibility index (Phi) is 2.86. The molecule has 0 radical (unpaired) electrons. The van der Waals surface area contributed by atoms with Crippen LogP contribution in [0.25, 0.3) is 0 Å². The van der Waals surface area contributed by atoms with E-state index in [0.717, 1.165) is 30.8 Å². The Morgan fingerprint density at radius 2 is 2.22 bits per heavy atom. The number of benzene rings is 1. The lowest BCUT2D eigenvalue weighted by atomic mass is 9.71. The van der Waals surface area contributed by atoms with E-state index in [1.165, 1.54) is 5.56 Å². The van der Waals surface area contributed by atoms with E-state index < -0.39 is 0 Å². The van der Waals surface area contributed by atoms with Crippen LogP contribution in [0.5, 0.6) is 5.75 Å². The van der Waals surface area contributed by atoms with E-state index in [1.807, 2.05) is 12.1 Å². The van der Waals surface area contributed by atoms with Crippen LogP contribution in [0.2, 0.25) is 0 Å². The molecule has 0 bridgehead atoms. The fourth-order valence-corrected chi connectivity index (χ4v) is 3.43. The number of fused-ring (bicyclic) bond motifs is 3. The number of ketones is 1. The topological polar surface area (TPSA) is 29.5 Å². The van der Waals surface area contributed by atoms with Gasteiger partial charge in [-0.25, -0.2) is 0 Å². The number of methoxy groups -OCH3 is 1. The average Bonchev–Trinajstić information content (AvgIpc) is 2.39. The van der Waals surface area contributed by atoms with Crippen LogP contribution in [0.3, 0.4) is 0 Å². The molecule has 0 N–H and O–H groups in total. The van der Waals surface area contributed by atoms with Gasteiger partial charge in [0.2, 0.25) is 0 Å². The SMILES string of the molecule is COc1cccc2c1C(=O)C[C@H]1CCN(C)C[C@@H]21. The highest BCUT2D eigenvalue weighted by Crippen LogP contribution is 2.43. The van der Waals surface area contributed by atoms with Gasteiger partial charge in [0.25, 0.3) is 0 Å². The maximum atomic E-state index is 12.3. The van der Waals surface area contributed by atoms with Crippen LogP contribution in [0.1, 0.15) is 34.7 Å². The van der Waals surface area contributed by atoms with Crippen molar-refractivity contribution in [3.05, 3.63) is 29.3 Å². The Hall–Kier alpha value is -1.35. The monoisotopic (exact) mass is 245 g/mol. The predicted octanol–water partition coefficient (Wildman–Crippen LogP) is 2.32. The Labute approximate surface area is 108 Å². The zero-order chi connectivity index (χ0) is 12.7. The summed E-state index contributed by atoms with van der Waals surface area (Å²) in [5.74, 6) is 2.01. The number of rotatable bonds is 1. The molecule has 2 aliphatic rings. The molecule has 1 heterocycles. The number of carbonyl (C=O) groups is 1. The summed E-state index contributed by atoms with van der Waals surface area (Å²) in [4.78, 5) is 14.7. The Balaban J connectivity index is 2.08. The molecule has 0 aromatic heterocycles. The number of likely N-dealkylation sites (tertiary alicyclic amines) is 1. The fourth-order valence-electron chi connectivity index (χ4n) is 3.43. The molecule has 0 spiro atoms. The van der Waals surface area contributed by atoms with Gasteiger partial charge in [0.05, 0.1) is 12.7 Å². The minimum Gasteiger partial charge on any atom is -0.496 e. The molecule has 1 aliphatic carbocycles. The van der Waals surface area contributed by atoms with Crippen LogP contribution in [0.4, 0.5) is 0 Å². The molecule has 1 saturated heterocycles. The molecule has 3 heteroatoms. The smallest absolute Gasteiger partial charge is 0.167 e. The zero-order valence-electron chi connectivity index (χ0n) is 11.0. The summed E-state index contributed by atoms with van der Waals surface area (Å²) in [5.41, 5.74) is 2.03. The van der Waals surface area contributed by atoms with Crippen LogP contribution in [0, 0.1) is 5.92 Å². The Bertz CT molecular complexity index is 483. The second kappa shape index (κ2) is 4.39. The number of likely N-dealkylation sites (N-methyl/N-ethyl adjacent to an activating group) is 1. The van der Waals surface area contributed by atoms with E-state index in [2.05, 4.69) is 18.0 Å². The molecule has 2 atom stereocenters. The third-order valence-corrected chi connectivity index (χ3v) is 4.36. The standard InChI is InChI=1S/C15H19NO2/c1-16-7-6-10-8-13(17)15-11(12(10)9-16)4-3-5-14(15)18-2/h3-5,10,12H,6-9H2,1-2H3/t10-,12-/m1/s1. The van der Waals surface area contributed by atoms with Crippen molar-refractivity contribution in [2.24, 2.45) is 5.92 Å². The lowest BCUT2D eigenvalue weighted by Crippen LogP contribution is -2.40. The highest BCUT2D eigenvalue weighted by Gasteiger charge is 2.38. The lowest BCUT2D eigenvalue weighted by Gasteiger charge is -2.40. The second-order valence-corrected chi connectivity index (χ2v) is 5.47. The second-order valence-electron chi connectivity index (χ2n) is 5.47. The number of nitrogens with zero attached hydrogens (tertiary/aromatic N) is 1. The highest BCUT2D eigenvalue weighted by atomic mass is 16.5. The number of piperidine rings is 1. The summed E-state index contributed by atoms with van der Waals surface area (Å²) in [6.07, 6.45) is 1.81. The molecule has 96 valence electrons. The van der Waals surface area contributed by atoms with Crippen LogP contribution in [0.15, 0.2) is 18.2 Å². The van der Waals surface area contributed by atoms with Crippen molar-refractivity contribution in [2.75, 3.05) is 27.2 Å². The summed E-state index contributed by atoms with van der Waals surface area (Å²) >= 11 is 0. The molecule has 18 heavy (non-hydrogen) atoms. The lowest BCUT2D eigenvalue weighted by molar-refractivity contribution is 0.0883. The minimum atomic E-state index is 0.258. The van der Waals surface area contributed by atoms with Gasteiger partial charge < -0.3 is 9.64 Å². The van der Waals surface area contributed by atoms with Crippen LogP contribution < -0.4 is 4.74 Å². The van der Waals surface area contributed by atoms with E-state index in [9.17, 15) is 4.79 Å². The van der Waals surface area contributed by atoms with Crippen molar-refractivity contribution < 1.29 is 9.53 Å². The van der Waals surface area contributed by atoms with Crippen molar-refractivity contribution in [1.82, 2.24) is 4.90 Å². The first-order valence-electron chi connectivity index (χ1n) is 6.59. The van der Waals surface area contributed by atoms with Gasteiger partial charge in [-0.1, -0.05) is 12.1 Å². The highest BCUT2D eigenvalue weighted by molar-refractivity contribution is 6.01. The van der Waals surface area contributed by atoms with Gasteiger partial charge in [-0.2, -0.15) is 0 Å². The van der Waals surface area contributed by atoms with Crippen LogP contribution >= 0.6 is 0 Å². The molecule has 1 fully saturated rings. The van der Waals surface area contributed by atoms with E-state index in [1.54, 1.807) is 7.11 Å². The number of hydrogen-bond donors (Lipinski definition) is 0. The molecule has 1 aromatic rings. The van der Waals surface area contributed by atoms with Crippen LogP contribution in [-0.4, -0.2) is 37.9 Å². The number of Topliss-reactive ketones (excluding diaryl/α,β-unsaturated/α-hetero) is 1. The molecule has 0 amide bonds. The normalized spacial score (nSPS) is 27.6. The van der Waals surface area contributed by atoms with Gasteiger partial charge in [-0.3, -0.25) is 4.79 Å². The van der Waals surface area contributed by atoms with Crippen molar-refractivity contribution in [1.29, 1.82) is 0 Å². The third-order valence-electron chi connectivity index (χ3n) is 4.36. The molecule has 0 unspecified atom stereocenters. The minimum absolute atomic E-state index is 0.258. The van der Waals surface area contributed by atoms with E-state index in [0.29, 0.717) is 18.3 Å². The first-order valence-corrected chi connectivity index (χ1v) is 6.59. The first kappa shape index (κ1) is 11.7.